The van der Waals surface area contributed by atoms with Crippen molar-refractivity contribution >= 4 is 33.7 Å². The second kappa shape index (κ2) is 6.27. The van der Waals surface area contributed by atoms with Gasteiger partial charge in [-0.25, -0.2) is 4.79 Å². The Labute approximate surface area is 107 Å². The fraction of sp³-hybridized carbons (Fsp3) is 0.364. The molecule has 1 unspecified atom stereocenters. The number of hydrogen-bond donors (Lipinski definition) is 1. The molecule has 0 bridgehead atoms. The topological polar surface area (TPSA) is 46.5 Å². The quantitative estimate of drug-likeness (QED) is 0.686. The predicted molar refractivity (Wildman–Crippen MR) is 67.5 cm³/mol. The summed E-state index contributed by atoms with van der Waals surface area (Å²) in [6, 6.07) is 5.30. The van der Waals surface area contributed by atoms with Crippen LogP contribution in [0.2, 0.25) is 0 Å². The molecule has 1 rings (SSSR count). The molecule has 0 heterocycles. The molecule has 1 aromatic rings. The van der Waals surface area contributed by atoms with Crippen molar-refractivity contribution in [1.29, 1.82) is 0 Å². The number of rotatable bonds is 4. The molecule has 16 heavy (non-hydrogen) atoms. The second-order valence-electron chi connectivity index (χ2n) is 3.05. The van der Waals surface area contributed by atoms with Gasteiger partial charge in [-0.3, -0.25) is 0 Å². The van der Waals surface area contributed by atoms with Crippen LogP contribution >= 0.6 is 27.7 Å². The molecule has 0 radical (unpaired) electrons. The Hall–Kier alpha value is -0.520. The first-order valence-corrected chi connectivity index (χ1v) is 6.80. The van der Waals surface area contributed by atoms with E-state index in [-0.39, 0.29) is 6.61 Å². The van der Waals surface area contributed by atoms with Gasteiger partial charge in [0.25, 0.3) is 0 Å². The molecule has 0 aliphatic heterocycles. The summed E-state index contributed by atoms with van der Waals surface area (Å²) >= 11 is 4.97. The number of carbonyl (C=O) groups excluding carboxylic acids is 1. The van der Waals surface area contributed by atoms with E-state index in [0.29, 0.717) is 5.56 Å². The largest absolute Gasteiger partial charge is 0.464 e. The summed E-state index contributed by atoms with van der Waals surface area (Å²) in [6.07, 6.45) is 0.744. The van der Waals surface area contributed by atoms with Gasteiger partial charge in [0, 0.05) is 9.37 Å². The van der Waals surface area contributed by atoms with Gasteiger partial charge in [0.2, 0.25) is 0 Å². The highest BCUT2D eigenvalue weighted by Crippen LogP contribution is 2.28. The lowest BCUT2D eigenvalue weighted by molar-refractivity contribution is -0.153. The zero-order valence-corrected chi connectivity index (χ0v) is 11.5. The van der Waals surface area contributed by atoms with E-state index in [4.69, 9.17) is 4.74 Å². The third kappa shape index (κ3) is 3.23. The molecule has 5 heteroatoms. The van der Waals surface area contributed by atoms with Crippen LogP contribution in [0.5, 0.6) is 0 Å². The van der Waals surface area contributed by atoms with Crippen molar-refractivity contribution in [3.05, 3.63) is 28.2 Å². The summed E-state index contributed by atoms with van der Waals surface area (Å²) in [6.45, 7) is 1.97. The molecule has 0 amide bonds. The normalized spacial score (nSPS) is 12.2. The molecule has 0 aliphatic carbocycles. The van der Waals surface area contributed by atoms with Gasteiger partial charge in [-0.2, -0.15) is 0 Å². The van der Waals surface area contributed by atoms with Crippen LogP contribution in [0.15, 0.2) is 27.6 Å². The molecule has 0 aliphatic rings. The lowest BCUT2D eigenvalue weighted by Crippen LogP contribution is -2.15. The predicted octanol–water partition coefficient (Wildman–Crippen LogP) is 2.77. The second-order valence-corrected chi connectivity index (χ2v) is 4.75. The van der Waals surface area contributed by atoms with Crippen LogP contribution in [0.3, 0.4) is 0 Å². The zero-order chi connectivity index (χ0) is 12.1. The van der Waals surface area contributed by atoms with E-state index >= 15 is 0 Å². The van der Waals surface area contributed by atoms with Gasteiger partial charge in [-0.1, -0.05) is 6.07 Å². The molecular formula is C11H13BrO3S. The van der Waals surface area contributed by atoms with Crippen LogP contribution in [0.1, 0.15) is 18.6 Å². The van der Waals surface area contributed by atoms with Crippen LogP contribution in [0.25, 0.3) is 0 Å². The summed E-state index contributed by atoms with van der Waals surface area (Å²) in [7, 11) is 0. The molecule has 0 spiro atoms. The van der Waals surface area contributed by atoms with E-state index in [9.17, 15) is 9.90 Å². The van der Waals surface area contributed by atoms with Crippen molar-refractivity contribution in [2.24, 2.45) is 0 Å². The van der Waals surface area contributed by atoms with E-state index in [1.54, 1.807) is 30.8 Å². The smallest absolute Gasteiger partial charge is 0.339 e. The summed E-state index contributed by atoms with van der Waals surface area (Å²) in [4.78, 5) is 12.4. The SMILES string of the molecule is CCOC(=O)C(O)c1ccc(SC)c(Br)c1. The monoisotopic (exact) mass is 304 g/mol. The molecular weight excluding hydrogens is 292 g/mol. The van der Waals surface area contributed by atoms with Crippen molar-refractivity contribution in [2.45, 2.75) is 17.9 Å². The molecule has 0 saturated carbocycles. The lowest BCUT2D eigenvalue weighted by Gasteiger charge is -2.11. The minimum atomic E-state index is -1.22. The average Bonchev–Trinajstić information content (AvgIpc) is 2.28. The Balaban J connectivity index is 2.88. The molecule has 1 N–H and O–H groups in total. The molecule has 0 aromatic heterocycles. The Morgan fingerprint density at radius 1 is 1.62 bits per heavy atom. The van der Waals surface area contributed by atoms with E-state index < -0.39 is 12.1 Å². The Bertz CT molecular complexity index is 381. The van der Waals surface area contributed by atoms with Crippen LogP contribution in [-0.2, 0) is 9.53 Å². The van der Waals surface area contributed by atoms with Crippen molar-refractivity contribution in [3.8, 4) is 0 Å². The number of benzene rings is 1. The number of ether oxygens (including phenoxy) is 1. The number of hydrogen-bond acceptors (Lipinski definition) is 4. The summed E-state index contributed by atoms with van der Waals surface area (Å²) < 4.78 is 5.61. The maximum absolute atomic E-state index is 11.3. The van der Waals surface area contributed by atoms with E-state index in [2.05, 4.69) is 15.9 Å². The zero-order valence-electron chi connectivity index (χ0n) is 9.07. The first-order valence-electron chi connectivity index (χ1n) is 4.78. The Morgan fingerprint density at radius 2 is 2.31 bits per heavy atom. The molecule has 0 saturated heterocycles. The maximum Gasteiger partial charge on any atom is 0.339 e. The number of esters is 1. The summed E-state index contributed by atoms with van der Waals surface area (Å²) in [5.74, 6) is -0.619. The highest BCUT2D eigenvalue weighted by atomic mass is 79.9. The van der Waals surface area contributed by atoms with Crippen LogP contribution in [0, 0.1) is 0 Å². The fourth-order valence-corrected chi connectivity index (χ4v) is 2.55. The van der Waals surface area contributed by atoms with Crippen molar-refractivity contribution in [3.63, 3.8) is 0 Å². The van der Waals surface area contributed by atoms with Crippen LogP contribution in [0.4, 0.5) is 0 Å². The molecule has 88 valence electrons. The third-order valence-electron chi connectivity index (χ3n) is 2.00. The number of thioether (sulfide) groups is 1. The van der Waals surface area contributed by atoms with Crippen molar-refractivity contribution in [2.75, 3.05) is 12.9 Å². The maximum atomic E-state index is 11.3. The molecule has 3 nitrogen and oxygen atoms in total. The standard InChI is InChI=1S/C11H13BrO3S/c1-3-15-11(14)10(13)7-4-5-9(16-2)8(12)6-7/h4-6,10,13H,3H2,1-2H3. The minimum absolute atomic E-state index is 0.264. The van der Waals surface area contributed by atoms with Gasteiger partial charge in [0.15, 0.2) is 6.10 Å². The van der Waals surface area contributed by atoms with Gasteiger partial charge in [0.05, 0.1) is 6.61 Å². The van der Waals surface area contributed by atoms with Crippen LogP contribution in [-0.4, -0.2) is 23.9 Å². The van der Waals surface area contributed by atoms with E-state index in [1.165, 1.54) is 0 Å². The first-order chi connectivity index (χ1) is 7.60. The average molecular weight is 305 g/mol. The highest BCUT2D eigenvalue weighted by molar-refractivity contribution is 9.10. The van der Waals surface area contributed by atoms with E-state index in [1.807, 2.05) is 12.3 Å². The summed E-state index contributed by atoms with van der Waals surface area (Å²) in [5.41, 5.74) is 0.531. The number of aliphatic hydroxyl groups is 1. The Kier molecular flexibility index (Phi) is 5.31. The van der Waals surface area contributed by atoms with Gasteiger partial charge in [-0.15, -0.1) is 11.8 Å². The number of halogens is 1. The first kappa shape index (κ1) is 13.5. The fourth-order valence-electron chi connectivity index (χ4n) is 1.21. The van der Waals surface area contributed by atoms with Crippen molar-refractivity contribution in [1.82, 2.24) is 0 Å². The Morgan fingerprint density at radius 3 is 2.81 bits per heavy atom. The van der Waals surface area contributed by atoms with Gasteiger partial charge in [0.1, 0.15) is 0 Å². The minimum Gasteiger partial charge on any atom is -0.464 e. The van der Waals surface area contributed by atoms with Gasteiger partial charge in [-0.05, 0) is 46.8 Å². The number of aliphatic hydroxyl groups excluding tert-OH is 1. The lowest BCUT2D eigenvalue weighted by atomic mass is 10.1. The highest BCUT2D eigenvalue weighted by Gasteiger charge is 2.19. The van der Waals surface area contributed by atoms with Crippen molar-refractivity contribution < 1.29 is 14.6 Å². The molecule has 1 aromatic carbocycles. The third-order valence-corrected chi connectivity index (χ3v) is 3.72. The van der Waals surface area contributed by atoms with Crippen LogP contribution < -0.4 is 0 Å². The molecule has 0 fully saturated rings. The van der Waals surface area contributed by atoms with Gasteiger partial charge < -0.3 is 9.84 Å². The molecule has 1 atom stereocenters. The van der Waals surface area contributed by atoms with E-state index in [0.717, 1.165) is 9.37 Å². The summed E-state index contributed by atoms with van der Waals surface area (Å²) in [5, 5.41) is 9.71. The van der Waals surface area contributed by atoms with Gasteiger partial charge >= 0.3 is 5.97 Å². The number of carbonyl (C=O) groups is 1.